The minimum absolute atomic E-state index is 0. The quantitative estimate of drug-likeness (QED) is 0.464. The second kappa shape index (κ2) is 16.6. The lowest BCUT2D eigenvalue weighted by atomic mass is 10.0. The van der Waals surface area contributed by atoms with Gasteiger partial charge in [-0.25, -0.2) is 0 Å². The molecule has 0 aromatic carbocycles. The van der Waals surface area contributed by atoms with Gasteiger partial charge in [0.1, 0.15) is 0 Å². The average molecular weight is 324 g/mol. The van der Waals surface area contributed by atoms with Crippen molar-refractivity contribution in [3.8, 4) is 0 Å². The Bertz CT molecular complexity index is 185. The van der Waals surface area contributed by atoms with Gasteiger partial charge in [0.15, 0.2) is 0 Å². The zero-order chi connectivity index (χ0) is 15.2. The van der Waals surface area contributed by atoms with E-state index >= 15 is 0 Å². The highest BCUT2D eigenvalue weighted by molar-refractivity contribution is 7.40. The number of unbranched alkanes of at least 4 members (excludes halogenated alkanes) is 2. The van der Waals surface area contributed by atoms with Gasteiger partial charge in [-0.1, -0.05) is 66.2 Å². The molecule has 2 unspecified atom stereocenters. The van der Waals surface area contributed by atoms with Gasteiger partial charge < -0.3 is 19.4 Å². The minimum atomic E-state index is -1.69. The predicted molar refractivity (Wildman–Crippen MR) is 91.3 cm³/mol. The summed E-state index contributed by atoms with van der Waals surface area (Å²) in [5.41, 5.74) is 0. The smallest absolute Gasteiger partial charge is 0.329 e. The number of rotatable bonds is 14. The van der Waals surface area contributed by atoms with Crippen LogP contribution in [-0.4, -0.2) is 23.6 Å². The summed E-state index contributed by atoms with van der Waals surface area (Å²) >= 11 is 0. The first-order valence-corrected chi connectivity index (χ1v) is 9.55. The van der Waals surface area contributed by atoms with Gasteiger partial charge in [0.2, 0.25) is 0 Å². The fourth-order valence-corrected chi connectivity index (χ4v) is 2.92. The Morgan fingerprint density at radius 3 is 1.48 bits per heavy atom. The van der Waals surface area contributed by atoms with E-state index in [0.717, 1.165) is 12.8 Å². The number of hydrogen-bond donors (Lipinski definition) is 1. The van der Waals surface area contributed by atoms with Gasteiger partial charge in [0.25, 0.3) is 0 Å². The zero-order valence-corrected chi connectivity index (χ0v) is 15.3. The van der Waals surface area contributed by atoms with Crippen molar-refractivity contribution in [2.24, 2.45) is 11.8 Å². The fraction of sp³-hybridized carbons (Fsp3) is 1.00. The molecule has 0 aliphatic heterocycles. The molecule has 0 spiro atoms. The van der Waals surface area contributed by atoms with Crippen molar-refractivity contribution in [1.29, 1.82) is 0 Å². The Morgan fingerprint density at radius 1 is 0.810 bits per heavy atom. The molecule has 0 aromatic heterocycles. The summed E-state index contributed by atoms with van der Waals surface area (Å²) in [4.78, 5) is 9.81. The molecule has 0 aliphatic rings. The minimum Gasteiger partial charge on any atom is -0.412 e. The molecule has 0 aliphatic carbocycles. The third kappa shape index (κ3) is 13.6. The summed E-state index contributed by atoms with van der Waals surface area (Å²) < 4.78 is 11.0. The number of hydrogen-bond acceptors (Lipinski definition) is 3. The molecule has 4 nitrogen and oxygen atoms in total. The summed E-state index contributed by atoms with van der Waals surface area (Å²) in [6.45, 7) is 10.0. The first-order valence-electron chi connectivity index (χ1n) is 8.42. The summed E-state index contributed by atoms with van der Waals surface area (Å²) in [5, 5.41) is 0. The average Bonchev–Trinajstić information content (AvgIpc) is 2.47. The van der Waals surface area contributed by atoms with E-state index in [0.29, 0.717) is 25.0 Å². The van der Waals surface area contributed by atoms with E-state index in [9.17, 15) is 4.89 Å². The van der Waals surface area contributed by atoms with Gasteiger partial charge in [0.05, 0.1) is 13.2 Å². The first kappa shape index (κ1) is 23.5. The molecule has 5 heteroatoms. The van der Waals surface area contributed by atoms with Crippen LogP contribution in [0.3, 0.4) is 0 Å². The monoisotopic (exact) mass is 324 g/mol. The molecule has 130 valence electrons. The highest BCUT2D eigenvalue weighted by Crippen LogP contribution is 2.35. The molecule has 0 heterocycles. The van der Waals surface area contributed by atoms with Crippen LogP contribution in [0.15, 0.2) is 0 Å². The summed E-state index contributed by atoms with van der Waals surface area (Å²) in [5.74, 6) is 1.11. The van der Waals surface area contributed by atoms with Crippen LogP contribution >= 0.6 is 8.60 Å². The van der Waals surface area contributed by atoms with E-state index in [-0.39, 0.29) is 5.48 Å². The Labute approximate surface area is 132 Å². The molecule has 2 atom stereocenters. The Hall–Kier alpha value is 0.270. The standard InChI is InChI=1S/C16H35O3P.H2O/c1-5-9-11-15(7-3)13-18-20(17)19-14-16(8-4)12-10-6-2;/h15-17H,5-14H2,1-4H3;1H2. The maximum absolute atomic E-state index is 9.81. The lowest BCUT2D eigenvalue weighted by molar-refractivity contribution is 0.148. The van der Waals surface area contributed by atoms with Crippen LogP contribution in [0, 0.1) is 11.8 Å². The first-order chi connectivity index (χ1) is 9.67. The molecule has 0 fully saturated rings. The van der Waals surface area contributed by atoms with Gasteiger partial charge in [-0.15, -0.1) is 0 Å². The van der Waals surface area contributed by atoms with Gasteiger partial charge in [-0.3, -0.25) is 0 Å². The Kier molecular flexibility index (Phi) is 18.6. The highest BCUT2D eigenvalue weighted by Gasteiger charge is 2.14. The summed E-state index contributed by atoms with van der Waals surface area (Å²) in [6.07, 6.45) is 9.50. The zero-order valence-electron chi connectivity index (χ0n) is 14.4. The third-order valence-electron chi connectivity index (χ3n) is 3.93. The largest absolute Gasteiger partial charge is 0.412 e. The molecule has 21 heavy (non-hydrogen) atoms. The van der Waals surface area contributed by atoms with E-state index < -0.39 is 8.60 Å². The molecule has 3 N–H and O–H groups in total. The fourth-order valence-electron chi connectivity index (χ4n) is 2.17. The van der Waals surface area contributed by atoms with Crippen molar-refractivity contribution in [1.82, 2.24) is 0 Å². The van der Waals surface area contributed by atoms with Crippen molar-refractivity contribution < 1.29 is 19.4 Å². The van der Waals surface area contributed by atoms with Gasteiger partial charge >= 0.3 is 8.60 Å². The molecule has 0 rings (SSSR count). The topological polar surface area (TPSA) is 70.2 Å². The summed E-state index contributed by atoms with van der Waals surface area (Å²) in [6, 6.07) is 0. The van der Waals surface area contributed by atoms with Crippen LogP contribution in [0.1, 0.15) is 79.1 Å². The van der Waals surface area contributed by atoms with E-state index in [4.69, 9.17) is 9.05 Å². The van der Waals surface area contributed by atoms with Crippen LogP contribution in [0.2, 0.25) is 0 Å². The molecular weight excluding hydrogens is 287 g/mol. The SMILES string of the molecule is CCCCC(CC)COP(O)OCC(CC)CCCC.O. The molecule has 0 bridgehead atoms. The van der Waals surface area contributed by atoms with Crippen LogP contribution < -0.4 is 0 Å². The van der Waals surface area contributed by atoms with Crippen molar-refractivity contribution in [3.63, 3.8) is 0 Å². The second-order valence-corrected chi connectivity index (χ2v) is 6.65. The van der Waals surface area contributed by atoms with Crippen LogP contribution in [0.25, 0.3) is 0 Å². The van der Waals surface area contributed by atoms with E-state index in [1.807, 2.05) is 0 Å². The van der Waals surface area contributed by atoms with E-state index in [2.05, 4.69) is 27.7 Å². The molecule has 0 saturated heterocycles. The Morgan fingerprint density at radius 2 is 1.19 bits per heavy atom. The van der Waals surface area contributed by atoms with Crippen molar-refractivity contribution in [2.75, 3.05) is 13.2 Å². The van der Waals surface area contributed by atoms with E-state index in [1.54, 1.807) is 0 Å². The van der Waals surface area contributed by atoms with Gasteiger partial charge in [-0.2, -0.15) is 0 Å². The molecule has 0 radical (unpaired) electrons. The maximum atomic E-state index is 9.81. The molecule has 0 amide bonds. The van der Waals surface area contributed by atoms with E-state index in [1.165, 1.54) is 38.5 Å². The normalized spacial score (nSPS) is 15.3. The lowest BCUT2D eigenvalue weighted by Gasteiger charge is -2.19. The van der Waals surface area contributed by atoms with Crippen LogP contribution in [0.5, 0.6) is 0 Å². The molecular formula is C16H37O4P. The highest BCUT2D eigenvalue weighted by atomic mass is 31.2. The maximum Gasteiger partial charge on any atom is 0.329 e. The van der Waals surface area contributed by atoms with Gasteiger partial charge in [-0.05, 0) is 24.7 Å². The molecule has 0 saturated carbocycles. The third-order valence-corrected chi connectivity index (χ3v) is 4.67. The molecule has 0 aromatic rings. The van der Waals surface area contributed by atoms with Crippen LogP contribution in [0.4, 0.5) is 0 Å². The van der Waals surface area contributed by atoms with Crippen molar-refractivity contribution in [3.05, 3.63) is 0 Å². The lowest BCUT2D eigenvalue weighted by Crippen LogP contribution is -2.10. The van der Waals surface area contributed by atoms with Crippen LogP contribution in [-0.2, 0) is 9.05 Å². The van der Waals surface area contributed by atoms with Crippen molar-refractivity contribution >= 4 is 8.60 Å². The second-order valence-electron chi connectivity index (χ2n) is 5.66. The predicted octanol–water partition coefficient (Wildman–Crippen LogP) is 4.85. The van der Waals surface area contributed by atoms with Crippen molar-refractivity contribution in [2.45, 2.75) is 79.1 Å². The van der Waals surface area contributed by atoms with Gasteiger partial charge in [0, 0.05) is 0 Å². The Balaban J connectivity index is 0. The summed E-state index contributed by atoms with van der Waals surface area (Å²) in [7, 11) is -1.69.